The summed E-state index contributed by atoms with van der Waals surface area (Å²) in [5.41, 5.74) is 2.27. The third kappa shape index (κ3) is 4.78. The lowest BCUT2D eigenvalue weighted by Crippen LogP contribution is -2.37. The van der Waals surface area contributed by atoms with Gasteiger partial charge in [0.25, 0.3) is 0 Å². The van der Waals surface area contributed by atoms with Crippen LogP contribution >= 0.6 is 11.3 Å². The second kappa shape index (κ2) is 8.60. The molecule has 1 heterocycles. The van der Waals surface area contributed by atoms with Crippen LogP contribution in [-0.4, -0.2) is 12.5 Å². The number of carbonyl (C=O) groups is 1. The van der Waals surface area contributed by atoms with Crippen LogP contribution in [0.1, 0.15) is 35.0 Å². The number of rotatable bonds is 7. The number of carbonyl (C=O) groups excluding carboxylic acids is 1. The van der Waals surface area contributed by atoms with Gasteiger partial charge in [-0.15, -0.1) is 11.3 Å². The van der Waals surface area contributed by atoms with E-state index in [1.54, 1.807) is 11.3 Å². The Balaban J connectivity index is 1.63. The van der Waals surface area contributed by atoms with E-state index in [0.717, 1.165) is 10.4 Å². The Bertz CT molecular complexity index is 772. The Kier molecular flexibility index (Phi) is 5.99. The van der Waals surface area contributed by atoms with E-state index in [4.69, 9.17) is 0 Å². The Hall–Kier alpha value is -2.43. The molecule has 0 fully saturated rings. The highest BCUT2D eigenvalue weighted by Crippen LogP contribution is 2.25. The van der Waals surface area contributed by atoms with Crippen molar-refractivity contribution in [3.63, 3.8) is 0 Å². The van der Waals surface area contributed by atoms with Crippen LogP contribution in [0.15, 0.2) is 78.2 Å². The molecule has 0 aliphatic carbocycles. The van der Waals surface area contributed by atoms with E-state index in [9.17, 15) is 4.79 Å². The first-order chi connectivity index (χ1) is 12.2. The molecule has 0 aliphatic heterocycles. The first-order valence-electron chi connectivity index (χ1n) is 8.40. The molecule has 3 nitrogen and oxygen atoms in total. The molecule has 3 rings (SSSR count). The van der Waals surface area contributed by atoms with E-state index in [-0.39, 0.29) is 24.5 Å². The molecule has 3 aromatic rings. The minimum atomic E-state index is -0.109. The largest absolute Gasteiger partial charge is 0.343 e. The number of thiophene rings is 1. The van der Waals surface area contributed by atoms with Crippen LogP contribution in [0.4, 0.5) is 0 Å². The molecule has 1 amide bonds. The lowest BCUT2D eigenvalue weighted by atomic mass is 10.1. The fraction of sp³-hybridized carbons (Fsp3) is 0.190. The summed E-state index contributed by atoms with van der Waals surface area (Å²) in [4.78, 5) is 13.6. The van der Waals surface area contributed by atoms with Crippen molar-refractivity contribution in [1.82, 2.24) is 10.6 Å². The summed E-state index contributed by atoms with van der Waals surface area (Å²) in [6.07, 6.45) is 0. The van der Waals surface area contributed by atoms with Gasteiger partial charge in [0.2, 0.25) is 5.91 Å². The Morgan fingerprint density at radius 3 is 2.16 bits per heavy atom. The lowest BCUT2D eigenvalue weighted by molar-refractivity contribution is -0.120. The average molecular weight is 350 g/mol. The van der Waals surface area contributed by atoms with Crippen LogP contribution in [-0.2, 0) is 4.79 Å². The van der Waals surface area contributed by atoms with Crippen molar-refractivity contribution >= 4 is 17.2 Å². The number of amides is 1. The summed E-state index contributed by atoms with van der Waals surface area (Å²) < 4.78 is 0. The highest BCUT2D eigenvalue weighted by atomic mass is 32.1. The quantitative estimate of drug-likeness (QED) is 0.667. The SMILES string of the molecule is C[C@@H](NCC(=O)N[C@@H](c1ccccc1)c1cccs1)c1ccccc1. The predicted octanol–water partition coefficient (Wildman–Crippen LogP) is 4.30. The summed E-state index contributed by atoms with van der Waals surface area (Å²) >= 11 is 1.65. The summed E-state index contributed by atoms with van der Waals surface area (Å²) in [6.45, 7) is 2.35. The first-order valence-corrected chi connectivity index (χ1v) is 9.28. The van der Waals surface area contributed by atoms with Gasteiger partial charge in [-0.25, -0.2) is 0 Å². The molecule has 4 heteroatoms. The monoisotopic (exact) mass is 350 g/mol. The summed E-state index contributed by atoms with van der Waals surface area (Å²) in [5, 5.41) is 8.48. The molecule has 0 unspecified atom stereocenters. The maximum Gasteiger partial charge on any atom is 0.234 e. The van der Waals surface area contributed by atoms with Crippen LogP contribution in [0.2, 0.25) is 0 Å². The van der Waals surface area contributed by atoms with Gasteiger partial charge in [0.15, 0.2) is 0 Å². The molecule has 0 saturated carbocycles. The fourth-order valence-corrected chi connectivity index (χ4v) is 3.54. The van der Waals surface area contributed by atoms with Crippen LogP contribution in [0.25, 0.3) is 0 Å². The van der Waals surface area contributed by atoms with E-state index in [1.165, 1.54) is 5.56 Å². The zero-order chi connectivity index (χ0) is 17.5. The maximum atomic E-state index is 12.5. The third-order valence-corrected chi connectivity index (χ3v) is 5.07. The van der Waals surface area contributed by atoms with E-state index in [2.05, 4.69) is 35.8 Å². The number of nitrogens with one attached hydrogen (secondary N) is 2. The molecule has 1 aromatic heterocycles. The summed E-state index contributed by atoms with van der Waals surface area (Å²) in [7, 11) is 0. The van der Waals surface area contributed by atoms with Crippen LogP contribution in [0.5, 0.6) is 0 Å². The molecular formula is C21H22N2OS. The van der Waals surface area contributed by atoms with Gasteiger partial charge in [0, 0.05) is 10.9 Å². The number of benzene rings is 2. The maximum absolute atomic E-state index is 12.5. The van der Waals surface area contributed by atoms with E-state index in [0.29, 0.717) is 0 Å². The van der Waals surface area contributed by atoms with Crippen molar-refractivity contribution in [2.45, 2.75) is 19.0 Å². The molecule has 0 bridgehead atoms. The Morgan fingerprint density at radius 2 is 1.56 bits per heavy atom. The van der Waals surface area contributed by atoms with E-state index in [1.807, 2.05) is 60.0 Å². The molecule has 0 spiro atoms. The van der Waals surface area contributed by atoms with E-state index >= 15 is 0 Å². The van der Waals surface area contributed by atoms with Gasteiger partial charge in [-0.3, -0.25) is 4.79 Å². The molecular weight excluding hydrogens is 328 g/mol. The van der Waals surface area contributed by atoms with Gasteiger partial charge >= 0.3 is 0 Å². The zero-order valence-corrected chi connectivity index (χ0v) is 15.0. The first kappa shape index (κ1) is 17.4. The van der Waals surface area contributed by atoms with Crippen molar-refractivity contribution in [3.8, 4) is 0 Å². The second-order valence-electron chi connectivity index (χ2n) is 5.94. The van der Waals surface area contributed by atoms with Crippen LogP contribution < -0.4 is 10.6 Å². The van der Waals surface area contributed by atoms with Crippen molar-refractivity contribution in [1.29, 1.82) is 0 Å². The third-order valence-electron chi connectivity index (χ3n) is 4.13. The van der Waals surface area contributed by atoms with Crippen molar-refractivity contribution < 1.29 is 4.79 Å². The summed E-state index contributed by atoms with van der Waals surface area (Å²) in [6, 6.07) is 24.3. The van der Waals surface area contributed by atoms with Crippen molar-refractivity contribution in [3.05, 3.63) is 94.2 Å². The zero-order valence-electron chi connectivity index (χ0n) is 14.2. The predicted molar refractivity (Wildman–Crippen MR) is 104 cm³/mol. The molecule has 0 saturated heterocycles. The number of hydrogen-bond donors (Lipinski definition) is 2. The Morgan fingerprint density at radius 1 is 0.920 bits per heavy atom. The lowest BCUT2D eigenvalue weighted by Gasteiger charge is -2.19. The molecule has 2 aromatic carbocycles. The molecule has 2 N–H and O–H groups in total. The van der Waals surface area contributed by atoms with Gasteiger partial charge in [-0.1, -0.05) is 66.7 Å². The molecule has 0 radical (unpaired) electrons. The normalized spacial score (nSPS) is 13.2. The second-order valence-corrected chi connectivity index (χ2v) is 6.92. The van der Waals surface area contributed by atoms with Crippen molar-refractivity contribution in [2.24, 2.45) is 0 Å². The highest BCUT2D eigenvalue weighted by molar-refractivity contribution is 7.10. The smallest absolute Gasteiger partial charge is 0.234 e. The van der Waals surface area contributed by atoms with Gasteiger partial charge in [0.1, 0.15) is 0 Å². The standard InChI is InChI=1S/C21H22N2OS/c1-16(17-9-4-2-5-10-17)22-15-20(24)23-21(19-13-8-14-25-19)18-11-6-3-7-12-18/h2-14,16,21-22H,15H2,1H3,(H,23,24)/t16-,21+/m1/s1. The molecule has 2 atom stereocenters. The van der Waals surface area contributed by atoms with E-state index < -0.39 is 0 Å². The van der Waals surface area contributed by atoms with Crippen LogP contribution in [0, 0.1) is 0 Å². The molecule has 25 heavy (non-hydrogen) atoms. The molecule has 128 valence electrons. The van der Waals surface area contributed by atoms with Crippen molar-refractivity contribution in [2.75, 3.05) is 6.54 Å². The van der Waals surface area contributed by atoms with Gasteiger partial charge < -0.3 is 10.6 Å². The van der Waals surface area contributed by atoms with Gasteiger partial charge in [0.05, 0.1) is 12.6 Å². The topological polar surface area (TPSA) is 41.1 Å². The molecule has 0 aliphatic rings. The minimum Gasteiger partial charge on any atom is -0.343 e. The number of hydrogen-bond acceptors (Lipinski definition) is 3. The van der Waals surface area contributed by atoms with Gasteiger partial charge in [-0.05, 0) is 29.5 Å². The average Bonchev–Trinajstić information content (AvgIpc) is 3.20. The summed E-state index contributed by atoms with van der Waals surface area (Å²) in [5.74, 6) is -0.00923. The van der Waals surface area contributed by atoms with Crippen LogP contribution in [0.3, 0.4) is 0 Å². The minimum absolute atomic E-state index is 0.00923. The highest BCUT2D eigenvalue weighted by Gasteiger charge is 2.18. The Labute approximate surface area is 152 Å². The fourth-order valence-electron chi connectivity index (χ4n) is 2.74. The van der Waals surface area contributed by atoms with Gasteiger partial charge in [-0.2, -0.15) is 0 Å².